The number of aromatic nitrogens is 2. The fourth-order valence-electron chi connectivity index (χ4n) is 1.66. The monoisotopic (exact) mass is 295 g/mol. The number of aliphatic hydroxyl groups excluding tert-OH is 1. The Balaban J connectivity index is 2.35. The van der Waals surface area contributed by atoms with Crippen molar-refractivity contribution in [3.63, 3.8) is 0 Å². The maximum Gasteiger partial charge on any atom is 0.109 e. The highest BCUT2D eigenvalue weighted by atomic mass is 79.9. The molecular formula is C12H14BrN3O. The molecule has 5 heteroatoms. The summed E-state index contributed by atoms with van der Waals surface area (Å²) in [6.07, 6.45) is 2.74. The van der Waals surface area contributed by atoms with Crippen molar-refractivity contribution in [3.8, 4) is 0 Å². The lowest BCUT2D eigenvalue weighted by Crippen LogP contribution is -2.03. The molecule has 0 aliphatic heterocycles. The average Bonchev–Trinajstić information content (AvgIpc) is 2.80. The molecule has 0 saturated heterocycles. The first-order valence-corrected chi connectivity index (χ1v) is 6.16. The van der Waals surface area contributed by atoms with Crippen molar-refractivity contribution in [1.82, 2.24) is 9.78 Å². The number of nitrogen functional groups attached to an aromatic ring is 1. The third-order valence-corrected chi connectivity index (χ3v) is 3.13. The Kier molecular flexibility index (Phi) is 3.49. The minimum Gasteiger partial charge on any atom is -0.398 e. The van der Waals surface area contributed by atoms with Gasteiger partial charge in [-0.3, -0.25) is 4.68 Å². The first-order chi connectivity index (χ1) is 8.11. The molecule has 0 amide bonds. The quantitative estimate of drug-likeness (QED) is 0.854. The van der Waals surface area contributed by atoms with Crippen LogP contribution in [-0.2, 0) is 6.54 Å². The van der Waals surface area contributed by atoms with Gasteiger partial charge in [-0.25, -0.2) is 0 Å². The Hall–Kier alpha value is -1.33. The largest absolute Gasteiger partial charge is 0.398 e. The van der Waals surface area contributed by atoms with Crippen molar-refractivity contribution in [3.05, 3.63) is 46.2 Å². The van der Waals surface area contributed by atoms with Crippen molar-refractivity contribution < 1.29 is 5.11 Å². The summed E-state index contributed by atoms with van der Waals surface area (Å²) in [6, 6.07) is 5.44. The van der Waals surface area contributed by atoms with Crippen LogP contribution in [0, 0.1) is 0 Å². The lowest BCUT2D eigenvalue weighted by molar-refractivity contribution is 0.221. The lowest BCUT2D eigenvalue weighted by atomic mass is 10.0. The molecule has 17 heavy (non-hydrogen) atoms. The molecule has 0 aliphatic rings. The van der Waals surface area contributed by atoms with Gasteiger partial charge in [-0.1, -0.05) is 15.9 Å². The molecule has 0 fully saturated rings. The SMILES string of the molecule is CCn1cc(C(O)c2cc(Br)ccc2N)cn1. The Labute approximate surface area is 108 Å². The van der Waals surface area contributed by atoms with E-state index in [1.165, 1.54) is 0 Å². The van der Waals surface area contributed by atoms with Crippen molar-refractivity contribution in [2.24, 2.45) is 0 Å². The lowest BCUT2D eigenvalue weighted by Gasteiger charge is -2.12. The van der Waals surface area contributed by atoms with Crippen LogP contribution in [0.4, 0.5) is 5.69 Å². The molecule has 1 atom stereocenters. The van der Waals surface area contributed by atoms with Crippen LogP contribution in [-0.4, -0.2) is 14.9 Å². The molecule has 2 aromatic rings. The van der Waals surface area contributed by atoms with E-state index in [0.29, 0.717) is 11.3 Å². The van der Waals surface area contributed by atoms with Crippen LogP contribution in [0.15, 0.2) is 35.1 Å². The topological polar surface area (TPSA) is 64.1 Å². The molecule has 0 spiro atoms. The van der Waals surface area contributed by atoms with E-state index in [1.54, 1.807) is 16.9 Å². The van der Waals surface area contributed by atoms with Gasteiger partial charge in [0, 0.05) is 34.0 Å². The zero-order chi connectivity index (χ0) is 12.4. The second kappa shape index (κ2) is 4.89. The van der Waals surface area contributed by atoms with Gasteiger partial charge in [0.25, 0.3) is 0 Å². The van der Waals surface area contributed by atoms with Crippen molar-refractivity contribution in [1.29, 1.82) is 0 Å². The van der Waals surface area contributed by atoms with E-state index in [9.17, 15) is 5.11 Å². The smallest absolute Gasteiger partial charge is 0.109 e. The highest BCUT2D eigenvalue weighted by molar-refractivity contribution is 9.10. The van der Waals surface area contributed by atoms with Gasteiger partial charge in [0.2, 0.25) is 0 Å². The predicted molar refractivity (Wildman–Crippen MR) is 70.5 cm³/mol. The van der Waals surface area contributed by atoms with Gasteiger partial charge >= 0.3 is 0 Å². The number of hydrogen-bond donors (Lipinski definition) is 2. The third kappa shape index (κ3) is 2.50. The van der Waals surface area contributed by atoms with E-state index in [4.69, 9.17) is 5.73 Å². The first-order valence-electron chi connectivity index (χ1n) is 5.37. The summed E-state index contributed by atoms with van der Waals surface area (Å²) in [4.78, 5) is 0. The second-order valence-electron chi connectivity index (χ2n) is 3.81. The van der Waals surface area contributed by atoms with E-state index >= 15 is 0 Å². The summed E-state index contributed by atoms with van der Waals surface area (Å²) >= 11 is 3.37. The molecule has 1 unspecified atom stereocenters. The number of rotatable bonds is 3. The van der Waals surface area contributed by atoms with Crippen molar-refractivity contribution >= 4 is 21.6 Å². The van der Waals surface area contributed by atoms with Crippen LogP contribution in [0.1, 0.15) is 24.2 Å². The third-order valence-electron chi connectivity index (χ3n) is 2.64. The van der Waals surface area contributed by atoms with Gasteiger partial charge < -0.3 is 10.8 Å². The van der Waals surface area contributed by atoms with Crippen LogP contribution >= 0.6 is 15.9 Å². The molecule has 0 saturated carbocycles. The minimum absolute atomic E-state index is 0.574. The maximum absolute atomic E-state index is 10.3. The number of aliphatic hydroxyl groups is 1. The first kappa shape index (κ1) is 12.1. The standard InChI is InChI=1S/C12H14BrN3O/c1-2-16-7-8(6-15-16)12(17)10-5-9(13)3-4-11(10)14/h3-7,12,17H,2,14H2,1H3. The molecule has 3 N–H and O–H groups in total. The van der Waals surface area contributed by atoms with Crippen LogP contribution < -0.4 is 5.73 Å². The van der Waals surface area contributed by atoms with Crippen molar-refractivity contribution in [2.45, 2.75) is 19.6 Å². The Bertz CT molecular complexity index is 524. The van der Waals surface area contributed by atoms with E-state index in [-0.39, 0.29) is 0 Å². The molecule has 2 rings (SSSR count). The van der Waals surface area contributed by atoms with Gasteiger partial charge in [-0.15, -0.1) is 0 Å². The zero-order valence-electron chi connectivity index (χ0n) is 9.47. The van der Waals surface area contributed by atoms with E-state index in [2.05, 4.69) is 21.0 Å². The maximum atomic E-state index is 10.3. The summed E-state index contributed by atoms with van der Waals surface area (Å²) in [7, 11) is 0. The number of aryl methyl sites for hydroxylation is 1. The van der Waals surface area contributed by atoms with Gasteiger partial charge in [0.15, 0.2) is 0 Å². The number of nitrogens with zero attached hydrogens (tertiary/aromatic N) is 2. The van der Waals surface area contributed by atoms with Gasteiger partial charge in [0.1, 0.15) is 6.10 Å². The van der Waals surface area contributed by atoms with Gasteiger partial charge in [-0.05, 0) is 25.1 Å². The van der Waals surface area contributed by atoms with E-state index in [0.717, 1.165) is 16.6 Å². The molecule has 1 heterocycles. The van der Waals surface area contributed by atoms with Crippen LogP contribution in [0.5, 0.6) is 0 Å². The van der Waals surface area contributed by atoms with Crippen molar-refractivity contribution in [2.75, 3.05) is 5.73 Å². The fraction of sp³-hybridized carbons (Fsp3) is 0.250. The van der Waals surface area contributed by atoms with Crippen LogP contribution in [0.25, 0.3) is 0 Å². The number of anilines is 1. The van der Waals surface area contributed by atoms with Gasteiger partial charge in [-0.2, -0.15) is 5.10 Å². The summed E-state index contributed by atoms with van der Waals surface area (Å²) in [6.45, 7) is 2.78. The number of halogens is 1. The minimum atomic E-state index is -0.743. The average molecular weight is 296 g/mol. The highest BCUT2D eigenvalue weighted by Gasteiger charge is 2.15. The molecule has 0 bridgehead atoms. The molecule has 4 nitrogen and oxygen atoms in total. The molecular weight excluding hydrogens is 282 g/mol. The van der Waals surface area contributed by atoms with Gasteiger partial charge in [0.05, 0.1) is 6.20 Å². The Morgan fingerprint density at radius 1 is 1.53 bits per heavy atom. The van der Waals surface area contributed by atoms with E-state index in [1.807, 2.05) is 25.3 Å². The molecule has 0 aliphatic carbocycles. The Morgan fingerprint density at radius 3 is 2.94 bits per heavy atom. The van der Waals surface area contributed by atoms with Crippen LogP contribution in [0.2, 0.25) is 0 Å². The molecule has 1 aromatic carbocycles. The van der Waals surface area contributed by atoms with E-state index < -0.39 is 6.10 Å². The fourth-order valence-corrected chi connectivity index (χ4v) is 2.03. The molecule has 1 aromatic heterocycles. The number of nitrogens with two attached hydrogens (primary N) is 1. The Morgan fingerprint density at radius 2 is 2.29 bits per heavy atom. The predicted octanol–water partition coefficient (Wildman–Crippen LogP) is 2.33. The van der Waals surface area contributed by atoms with Crippen LogP contribution in [0.3, 0.4) is 0 Å². The normalized spacial score (nSPS) is 12.6. The molecule has 90 valence electrons. The molecule has 0 radical (unpaired) electrons. The summed E-state index contributed by atoms with van der Waals surface area (Å²) in [5.41, 5.74) is 7.87. The number of hydrogen-bond acceptors (Lipinski definition) is 3. The second-order valence-corrected chi connectivity index (χ2v) is 4.72. The number of benzene rings is 1. The summed E-state index contributed by atoms with van der Waals surface area (Å²) < 4.78 is 2.66. The highest BCUT2D eigenvalue weighted by Crippen LogP contribution is 2.28. The summed E-state index contributed by atoms with van der Waals surface area (Å²) in [5.74, 6) is 0. The zero-order valence-corrected chi connectivity index (χ0v) is 11.1. The summed E-state index contributed by atoms with van der Waals surface area (Å²) in [5, 5.41) is 14.4.